The lowest BCUT2D eigenvalue weighted by molar-refractivity contribution is 0.0216. The normalized spacial score (nSPS) is 24.3. The Hall–Kier alpha value is -1.63. The minimum Gasteiger partial charge on any atom is -0.493 e. The topological polar surface area (TPSA) is 56.2 Å². The number of rotatable bonds is 7. The third-order valence-corrected chi connectivity index (χ3v) is 6.14. The van der Waals surface area contributed by atoms with Crippen LogP contribution in [-0.2, 0) is 0 Å². The number of likely N-dealkylation sites (N-methyl/N-ethyl adjacent to an activating group) is 1. The highest BCUT2D eigenvalue weighted by molar-refractivity contribution is 5.97. The monoisotopic (exact) mass is 389 g/mol. The number of likely N-dealkylation sites (tertiary alicyclic amines) is 1. The zero-order valence-corrected chi connectivity index (χ0v) is 17.3. The van der Waals surface area contributed by atoms with Crippen LogP contribution in [0, 0.1) is 5.92 Å². The molecule has 156 valence electrons. The van der Waals surface area contributed by atoms with E-state index < -0.39 is 0 Å². The van der Waals surface area contributed by atoms with E-state index >= 15 is 0 Å². The zero-order valence-electron chi connectivity index (χ0n) is 17.3. The molecular formula is C22H35N3O3. The Labute approximate surface area is 169 Å². The Morgan fingerprint density at radius 2 is 1.93 bits per heavy atom. The summed E-state index contributed by atoms with van der Waals surface area (Å²) < 4.78 is 5.67. The summed E-state index contributed by atoms with van der Waals surface area (Å²) >= 11 is 0. The van der Waals surface area contributed by atoms with Crippen molar-refractivity contribution in [1.29, 1.82) is 0 Å². The first-order chi connectivity index (χ1) is 13.6. The van der Waals surface area contributed by atoms with Crippen LogP contribution < -0.4 is 4.74 Å². The summed E-state index contributed by atoms with van der Waals surface area (Å²) in [6, 6.07) is 8.05. The number of hydrogen-bond donors (Lipinski definition) is 1. The van der Waals surface area contributed by atoms with Gasteiger partial charge in [0.25, 0.3) is 5.91 Å². The molecule has 0 spiro atoms. The van der Waals surface area contributed by atoms with Crippen molar-refractivity contribution in [2.24, 2.45) is 5.92 Å². The molecule has 0 radical (unpaired) electrons. The van der Waals surface area contributed by atoms with Crippen molar-refractivity contribution in [1.82, 2.24) is 14.7 Å². The molecule has 2 saturated heterocycles. The summed E-state index contributed by atoms with van der Waals surface area (Å²) in [6.45, 7) is 8.65. The number of aliphatic hydroxyl groups excluding tert-OH is 1. The number of ether oxygens (including phenoxy) is 1. The molecule has 2 atom stereocenters. The highest BCUT2D eigenvalue weighted by Crippen LogP contribution is 2.29. The Kier molecular flexibility index (Phi) is 7.71. The minimum atomic E-state index is 0.0647. The molecule has 3 rings (SSSR count). The fourth-order valence-corrected chi connectivity index (χ4v) is 4.57. The van der Waals surface area contributed by atoms with Crippen molar-refractivity contribution in [3.8, 4) is 5.75 Å². The van der Waals surface area contributed by atoms with Gasteiger partial charge in [-0.2, -0.15) is 0 Å². The SMILES string of the molecule is CCOc1ccccc1C(=O)N1CCC(N2CCN(C)CC2)C(CCCO)C1. The lowest BCUT2D eigenvalue weighted by Gasteiger charge is -2.46. The average molecular weight is 390 g/mol. The molecule has 2 aliphatic rings. The third-order valence-electron chi connectivity index (χ3n) is 6.14. The van der Waals surface area contributed by atoms with E-state index in [1.807, 2.05) is 36.1 Å². The standard InChI is InChI=1S/C22H35N3O3/c1-3-28-21-9-5-4-8-19(21)22(27)25-11-10-20(18(17-25)7-6-16-26)24-14-12-23(2)13-15-24/h4-5,8-9,18,20,26H,3,6-7,10-17H2,1-2H3. The number of carbonyl (C=O) groups is 1. The van der Waals surface area contributed by atoms with Gasteiger partial charge in [0.05, 0.1) is 12.2 Å². The lowest BCUT2D eigenvalue weighted by Crippen LogP contribution is -2.57. The van der Waals surface area contributed by atoms with Crippen molar-refractivity contribution in [2.75, 3.05) is 59.5 Å². The minimum absolute atomic E-state index is 0.0647. The van der Waals surface area contributed by atoms with Gasteiger partial charge in [-0.1, -0.05) is 12.1 Å². The number of piperidine rings is 1. The van der Waals surface area contributed by atoms with Gasteiger partial charge in [0, 0.05) is 51.9 Å². The Bertz CT molecular complexity index is 631. The van der Waals surface area contributed by atoms with Crippen LogP contribution in [0.4, 0.5) is 0 Å². The average Bonchev–Trinajstić information content (AvgIpc) is 2.73. The maximum atomic E-state index is 13.2. The first kappa shape index (κ1) is 21.1. The molecule has 2 unspecified atom stereocenters. The first-order valence-electron chi connectivity index (χ1n) is 10.7. The maximum Gasteiger partial charge on any atom is 0.257 e. The molecule has 1 amide bonds. The van der Waals surface area contributed by atoms with Gasteiger partial charge < -0.3 is 19.6 Å². The summed E-state index contributed by atoms with van der Waals surface area (Å²) in [5.74, 6) is 1.14. The van der Waals surface area contributed by atoms with Gasteiger partial charge in [0.1, 0.15) is 5.75 Å². The van der Waals surface area contributed by atoms with Crippen LogP contribution in [0.5, 0.6) is 5.75 Å². The molecule has 2 heterocycles. The van der Waals surface area contributed by atoms with Gasteiger partial charge >= 0.3 is 0 Å². The number of carbonyl (C=O) groups excluding carboxylic acids is 1. The maximum absolute atomic E-state index is 13.2. The fraction of sp³-hybridized carbons (Fsp3) is 0.682. The quantitative estimate of drug-likeness (QED) is 0.772. The summed E-state index contributed by atoms with van der Waals surface area (Å²) in [7, 11) is 2.18. The van der Waals surface area contributed by atoms with Crippen LogP contribution in [0.25, 0.3) is 0 Å². The number of piperazine rings is 1. The molecule has 28 heavy (non-hydrogen) atoms. The lowest BCUT2D eigenvalue weighted by atomic mass is 9.86. The van der Waals surface area contributed by atoms with Crippen molar-refractivity contribution >= 4 is 5.91 Å². The van der Waals surface area contributed by atoms with Crippen LogP contribution in [0.1, 0.15) is 36.5 Å². The van der Waals surface area contributed by atoms with E-state index in [2.05, 4.69) is 16.8 Å². The number of aliphatic hydroxyl groups is 1. The summed E-state index contributed by atoms with van der Waals surface area (Å²) in [6.07, 6.45) is 2.76. The summed E-state index contributed by atoms with van der Waals surface area (Å²) in [5.41, 5.74) is 0.656. The van der Waals surface area contributed by atoms with Gasteiger partial charge in [-0.3, -0.25) is 9.69 Å². The molecule has 1 aromatic carbocycles. The Morgan fingerprint density at radius 3 is 2.64 bits per heavy atom. The number of nitrogens with zero attached hydrogens (tertiary/aromatic N) is 3. The molecule has 2 fully saturated rings. The van der Waals surface area contributed by atoms with Crippen molar-refractivity contribution in [3.05, 3.63) is 29.8 Å². The molecule has 0 saturated carbocycles. The van der Waals surface area contributed by atoms with Crippen molar-refractivity contribution in [2.45, 2.75) is 32.2 Å². The van der Waals surface area contributed by atoms with Crippen LogP contribution >= 0.6 is 0 Å². The molecule has 2 aliphatic heterocycles. The molecule has 0 aliphatic carbocycles. The Balaban J connectivity index is 1.70. The van der Waals surface area contributed by atoms with Crippen LogP contribution in [0.3, 0.4) is 0 Å². The second-order valence-electron chi connectivity index (χ2n) is 8.00. The van der Waals surface area contributed by atoms with E-state index in [9.17, 15) is 9.90 Å². The van der Waals surface area contributed by atoms with E-state index in [1.165, 1.54) is 0 Å². The van der Waals surface area contributed by atoms with Crippen molar-refractivity contribution in [3.63, 3.8) is 0 Å². The predicted molar refractivity (Wildman–Crippen MR) is 111 cm³/mol. The molecule has 6 nitrogen and oxygen atoms in total. The third kappa shape index (κ3) is 5.04. The second-order valence-corrected chi connectivity index (χ2v) is 8.00. The number of hydrogen-bond acceptors (Lipinski definition) is 5. The highest BCUT2D eigenvalue weighted by atomic mass is 16.5. The number of benzene rings is 1. The first-order valence-corrected chi connectivity index (χ1v) is 10.7. The number of amides is 1. The molecule has 1 aromatic rings. The van der Waals surface area contributed by atoms with Crippen molar-refractivity contribution < 1.29 is 14.6 Å². The number of para-hydroxylation sites is 1. The van der Waals surface area contributed by atoms with E-state index in [4.69, 9.17) is 4.74 Å². The van der Waals surface area contributed by atoms with Gasteiger partial charge in [0.2, 0.25) is 0 Å². The van der Waals surface area contributed by atoms with Crippen LogP contribution in [-0.4, -0.2) is 91.3 Å². The molecule has 1 N–H and O–H groups in total. The predicted octanol–water partition coefficient (Wildman–Crippen LogP) is 1.94. The molecular weight excluding hydrogens is 354 g/mol. The Morgan fingerprint density at radius 1 is 1.18 bits per heavy atom. The summed E-state index contributed by atoms with van der Waals surface area (Å²) in [5, 5.41) is 9.36. The molecule has 0 bridgehead atoms. The van der Waals surface area contributed by atoms with E-state index in [0.717, 1.165) is 58.5 Å². The highest BCUT2D eigenvalue weighted by Gasteiger charge is 2.36. The fourth-order valence-electron chi connectivity index (χ4n) is 4.57. The van der Waals surface area contributed by atoms with Gasteiger partial charge in [-0.25, -0.2) is 0 Å². The van der Waals surface area contributed by atoms with E-state index in [1.54, 1.807) is 0 Å². The van der Waals surface area contributed by atoms with Gasteiger partial charge in [0.15, 0.2) is 0 Å². The smallest absolute Gasteiger partial charge is 0.257 e. The molecule has 0 aromatic heterocycles. The van der Waals surface area contributed by atoms with Crippen LogP contribution in [0.2, 0.25) is 0 Å². The molecule has 6 heteroatoms. The summed E-state index contributed by atoms with van der Waals surface area (Å²) in [4.78, 5) is 20.2. The van der Waals surface area contributed by atoms with Crippen LogP contribution in [0.15, 0.2) is 24.3 Å². The second kappa shape index (κ2) is 10.2. The van der Waals surface area contributed by atoms with Gasteiger partial charge in [-0.15, -0.1) is 0 Å². The van der Waals surface area contributed by atoms with Gasteiger partial charge in [-0.05, 0) is 51.3 Å². The van der Waals surface area contributed by atoms with E-state index in [0.29, 0.717) is 29.9 Å². The largest absolute Gasteiger partial charge is 0.493 e. The zero-order chi connectivity index (χ0) is 19.9. The van der Waals surface area contributed by atoms with E-state index in [-0.39, 0.29) is 12.5 Å².